The number of nitrogens with zero attached hydrogens (tertiary/aromatic N) is 3. The molecule has 0 amide bonds. The van der Waals surface area contributed by atoms with Crippen molar-refractivity contribution in [3.05, 3.63) is 17.3 Å². The lowest BCUT2D eigenvalue weighted by Crippen LogP contribution is -2.53. The second-order valence-electron chi connectivity index (χ2n) is 5.73. The minimum Gasteiger partial charge on any atom is -0.377 e. The lowest BCUT2D eigenvalue weighted by Gasteiger charge is -2.42. The third kappa shape index (κ3) is 2.32. The third-order valence-electron chi connectivity index (χ3n) is 3.78. The van der Waals surface area contributed by atoms with E-state index in [-0.39, 0.29) is 5.54 Å². The molecule has 1 aliphatic rings. The van der Waals surface area contributed by atoms with Crippen molar-refractivity contribution in [1.29, 1.82) is 0 Å². The zero-order chi connectivity index (χ0) is 14.2. The van der Waals surface area contributed by atoms with Gasteiger partial charge in [0, 0.05) is 24.7 Å². The van der Waals surface area contributed by atoms with Crippen LogP contribution in [0.4, 0.5) is 5.82 Å². The van der Waals surface area contributed by atoms with Crippen LogP contribution < -0.4 is 10.2 Å². The van der Waals surface area contributed by atoms with E-state index in [2.05, 4.69) is 47.0 Å². The second kappa shape index (κ2) is 5.35. The fourth-order valence-electron chi connectivity index (χ4n) is 2.70. The molecule has 0 unspecified atom stereocenters. The van der Waals surface area contributed by atoms with Gasteiger partial charge in [-0.1, -0.05) is 6.92 Å². The van der Waals surface area contributed by atoms with E-state index in [1.54, 1.807) is 11.3 Å². The van der Waals surface area contributed by atoms with Gasteiger partial charge in [-0.3, -0.25) is 4.40 Å². The Balaban J connectivity index is 2.02. The molecule has 1 aliphatic heterocycles. The summed E-state index contributed by atoms with van der Waals surface area (Å²) >= 11 is 1.69. The molecule has 2 aromatic heterocycles. The van der Waals surface area contributed by atoms with Crippen LogP contribution >= 0.6 is 11.3 Å². The number of anilines is 1. The van der Waals surface area contributed by atoms with Crippen LogP contribution in [0.2, 0.25) is 0 Å². The fraction of sp³-hybridized carbons (Fsp3) is 0.643. The highest BCUT2D eigenvalue weighted by Crippen LogP contribution is 2.31. The van der Waals surface area contributed by atoms with Crippen molar-refractivity contribution in [3.63, 3.8) is 0 Å². The molecule has 0 aliphatic carbocycles. The molecule has 0 aromatic carbocycles. The number of hydrogen-bond acceptors (Lipinski definition) is 5. The van der Waals surface area contributed by atoms with Gasteiger partial charge >= 0.3 is 0 Å². The molecule has 0 atom stereocenters. The summed E-state index contributed by atoms with van der Waals surface area (Å²) in [6.07, 6.45) is 2.11. The zero-order valence-corrected chi connectivity index (χ0v) is 13.2. The maximum Gasteiger partial charge on any atom is 0.195 e. The van der Waals surface area contributed by atoms with Crippen LogP contribution in [0.15, 0.2) is 11.6 Å². The van der Waals surface area contributed by atoms with Crippen molar-refractivity contribution in [2.45, 2.75) is 32.9 Å². The number of imidazole rings is 1. The van der Waals surface area contributed by atoms with Crippen LogP contribution in [0.25, 0.3) is 4.96 Å². The van der Waals surface area contributed by atoms with E-state index in [0.29, 0.717) is 0 Å². The monoisotopic (exact) mass is 294 g/mol. The summed E-state index contributed by atoms with van der Waals surface area (Å²) in [5.74, 6) is 1.10. The van der Waals surface area contributed by atoms with Crippen LogP contribution in [0.1, 0.15) is 26.5 Å². The van der Waals surface area contributed by atoms with Crippen molar-refractivity contribution in [2.24, 2.45) is 0 Å². The first-order chi connectivity index (χ1) is 9.63. The van der Waals surface area contributed by atoms with Crippen molar-refractivity contribution in [1.82, 2.24) is 14.7 Å². The van der Waals surface area contributed by atoms with Crippen LogP contribution in [0, 0.1) is 0 Å². The molecule has 3 rings (SSSR count). The molecule has 1 saturated heterocycles. The molecule has 3 heterocycles. The van der Waals surface area contributed by atoms with E-state index in [9.17, 15) is 0 Å². The van der Waals surface area contributed by atoms with Crippen molar-refractivity contribution >= 4 is 22.1 Å². The first-order valence-corrected chi connectivity index (χ1v) is 8.02. The lowest BCUT2D eigenvalue weighted by molar-refractivity contribution is 0.0638. The number of ether oxygens (including phenoxy) is 1. The molecule has 0 bridgehead atoms. The zero-order valence-electron chi connectivity index (χ0n) is 12.3. The molecule has 0 saturated carbocycles. The highest BCUT2D eigenvalue weighted by molar-refractivity contribution is 7.15. The summed E-state index contributed by atoms with van der Waals surface area (Å²) in [7, 11) is 0. The number of fused-ring (bicyclic) bond motifs is 1. The standard InChI is InChI=1S/C14H22N4OS/c1-4-15-9-11-12(16-13-17(11)6-8-20-13)18-5-7-19-10-14(18,2)3/h6,8,15H,4-5,7,9-10H2,1-3H3. The van der Waals surface area contributed by atoms with Gasteiger partial charge in [0.2, 0.25) is 0 Å². The Morgan fingerprint density at radius 2 is 2.35 bits per heavy atom. The van der Waals surface area contributed by atoms with E-state index in [1.807, 2.05) is 0 Å². The number of nitrogens with one attached hydrogen (secondary N) is 1. The van der Waals surface area contributed by atoms with Crippen LogP contribution in [-0.2, 0) is 11.3 Å². The minimum absolute atomic E-state index is 0.0107. The topological polar surface area (TPSA) is 41.8 Å². The van der Waals surface area contributed by atoms with Gasteiger partial charge in [-0.05, 0) is 20.4 Å². The Morgan fingerprint density at radius 3 is 3.10 bits per heavy atom. The summed E-state index contributed by atoms with van der Waals surface area (Å²) in [5, 5.41) is 5.51. The minimum atomic E-state index is -0.0107. The number of hydrogen-bond donors (Lipinski definition) is 1. The van der Waals surface area contributed by atoms with Crippen molar-refractivity contribution in [3.8, 4) is 0 Å². The highest BCUT2D eigenvalue weighted by Gasteiger charge is 2.34. The van der Waals surface area contributed by atoms with Crippen molar-refractivity contribution in [2.75, 3.05) is 31.2 Å². The molecule has 0 radical (unpaired) electrons. The number of rotatable bonds is 4. The first-order valence-electron chi connectivity index (χ1n) is 7.14. The summed E-state index contributed by atoms with van der Waals surface area (Å²) < 4.78 is 7.83. The predicted octanol–water partition coefficient (Wildman–Crippen LogP) is 2.12. The van der Waals surface area contributed by atoms with E-state index in [1.165, 1.54) is 5.69 Å². The fourth-order valence-corrected chi connectivity index (χ4v) is 3.42. The number of morpholine rings is 1. The Hall–Kier alpha value is -1.11. The Kier molecular flexibility index (Phi) is 3.70. The van der Waals surface area contributed by atoms with Crippen LogP contribution in [0.3, 0.4) is 0 Å². The molecule has 20 heavy (non-hydrogen) atoms. The molecular weight excluding hydrogens is 272 g/mol. The van der Waals surface area contributed by atoms with E-state index >= 15 is 0 Å². The Morgan fingerprint density at radius 1 is 1.50 bits per heavy atom. The highest BCUT2D eigenvalue weighted by atomic mass is 32.1. The predicted molar refractivity (Wildman–Crippen MR) is 82.7 cm³/mol. The van der Waals surface area contributed by atoms with Gasteiger partial charge in [-0.25, -0.2) is 4.98 Å². The molecule has 1 fully saturated rings. The summed E-state index contributed by atoms with van der Waals surface area (Å²) in [6.45, 7) is 10.8. The molecule has 0 spiro atoms. The van der Waals surface area contributed by atoms with Crippen LogP contribution in [0.5, 0.6) is 0 Å². The van der Waals surface area contributed by atoms with Gasteiger partial charge in [0.25, 0.3) is 0 Å². The molecular formula is C14H22N4OS. The number of thiazole rings is 1. The van der Waals surface area contributed by atoms with E-state index in [4.69, 9.17) is 9.72 Å². The largest absolute Gasteiger partial charge is 0.377 e. The smallest absolute Gasteiger partial charge is 0.195 e. The molecule has 110 valence electrons. The molecule has 1 N–H and O–H groups in total. The maximum atomic E-state index is 5.62. The van der Waals surface area contributed by atoms with Gasteiger partial charge in [-0.15, -0.1) is 11.3 Å². The maximum absolute atomic E-state index is 5.62. The van der Waals surface area contributed by atoms with Crippen molar-refractivity contribution < 1.29 is 4.74 Å². The summed E-state index contributed by atoms with van der Waals surface area (Å²) in [6, 6.07) is 0. The van der Waals surface area contributed by atoms with Gasteiger partial charge in [-0.2, -0.15) is 0 Å². The Bertz CT molecular complexity index is 589. The number of aromatic nitrogens is 2. The first kappa shape index (κ1) is 13.9. The third-order valence-corrected chi connectivity index (χ3v) is 4.54. The lowest BCUT2D eigenvalue weighted by atomic mass is 10.0. The quantitative estimate of drug-likeness (QED) is 0.938. The van der Waals surface area contributed by atoms with Gasteiger partial charge in [0.1, 0.15) is 0 Å². The molecule has 5 nitrogen and oxygen atoms in total. The second-order valence-corrected chi connectivity index (χ2v) is 6.61. The van der Waals surface area contributed by atoms with E-state index in [0.717, 1.165) is 43.6 Å². The van der Waals surface area contributed by atoms with E-state index < -0.39 is 0 Å². The Labute approximate surface area is 123 Å². The normalized spacial score (nSPS) is 18.9. The SMILES string of the molecule is CCNCc1c(N2CCOCC2(C)C)nc2sccn12. The average molecular weight is 294 g/mol. The molecule has 6 heteroatoms. The van der Waals surface area contributed by atoms with Gasteiger partial charge in [0.15, 0.2) is 10.8 Å². The van der Waals surface area contributed by atoms with Gasteiger partial charge in [0.05, 0.1) is 24.4 Å². The summed E-state index contributed by atoms with van der Waals surface area (Å²) in [5.41, 5.74) is 1.24. The summed E-state index contributed by atoms with van der Waals surface area (Å²) in [4.78, 5) is 8.31. The van der Waals surface area contributed by atoms with Gasteiger partial charge < -0.3 is 15.0 Å². The average Bonchev–Trinajstić information content (AvgIpc) is 2.97. The van der Waals surface area contributed by atoms with Crippen LogP contribution in [-0.4, -0.2) is 41.2 Å². The molecule has 2 aromatic rings.